The monoisotopic (exact) mass is 593 g/mol. The second-order valence-corrected chi connectivity index (χ2v) is 10.9. The maximum atomic E-state index is 13.7. The van der Waals surface area contributed by atoms with Crippen LogP contribution in [0.5, 0.6) is 0 Å². The number of amides is 2. The van der Waals surface area contributed by atoms with Crippen LogP contribution in [0.3, 0.4) is 0 Å². The summed E-state index contributed by atoms with van der Waals surface area (Å²) in [5.74, 6) is -0.899. The van der Waals surface area contributed by atoms with Crippen LogP contribution < -0.4 is 16.0 Å². The Bertz CT molecular complexity index is 1230. The molecular formula is C28H25Br2N3O2. The van der Waals surface area contributed by atoms with Gasteiger partial charge in [0.1, 0.15) is 5.57 Å². The molecule has 1 aliphatic heterocycles. The first kappa shape index (κ1) is 23.8. The summed E-state index contributed by atoms with van der Waals surface area (Å²) in [7, 11) is 0. The number of halogens is 2. The lowest BCUT2D eigenvalue weighted by molar-refractivity contribution is -0.118. The Morgan fingerprint density at radius 3 is 1.80 bits per heavy atom. The van der Waals surface area contributed by atoms with Crippen LogP contribution in [0.1, 0.15) is 36.8 Å². The van der Waals surface area contributed by atoms with Gasteiger partial charge in [-0.25, -0.2) is 0 Å². The van der Waals surface area contributed by atoms with Gasteiger partial charge in [0.2, 0.25) is 0 Å². The van der Waals surface area contributed by atoms with Crippen molar-refractivity contribution in [3.05, 3.63) is 98.4 Å². The normalized spacial score (nSPS) is 15.8. The maximum Gasteiger partial charge on any atom is 0.263 e. The van der Waals surface area contributed by atoms with Gasteiger partial charge in [0.15, 0.2) is 0 Å². The average Bonchev–Trinajstić information content (AvgIpc) is 3.29. The van der Waals surface area contributed by atoms with E-state index in [-0.39, 0.29) is 11.1 Å². The number of carbonyl (C=O) groups is 2. The highest BCUT2D eigenvalue weighted by Crippen LogP contribution is 2.41. The van der Waals surface area contributed by atoms with Crippen molar-refractivity contribution in [2.45, 2.75) is 37.6 Å². The van der Waals surface area contributed by atoms with Gasteiger partial charge in [-0.3, -0.25) is 9.59 Å². The number of rotatable bonds is 4. The summed E-state index contributed by atoms with van der Waals surface area (Å²) < 4.78 is 1.82. The summed E-state index contributed by atoms with van der Waals surface area (Å²) in [6.07, 6.45) is 5.19. The van der Waals surface area contributed by atoms with E-state index in [1.165, 1.54) is 0 Å². The smallest absolute Gasteiger partial charge is 0.263 e. The molecule has 5 rings (SSSR count). The largest absolute Gasteiger partial charge is 0.378 e. The molecule has 3 N–H and O–H groups in total. The Labute approximate surface area is 221 Å². The van der Waals surface area contributed by atoms with E-state index in [2.05, 4.69) is 53.9 Å². The minimum absolute atomic E-state index is 0.0780. The molecule has 1 fully saturated rings. The minimum Gasteiger partial charge on any atom is -0.378 e. The second-order valence-electron chi connectivity index (χ2n) is 9.12. The van der Waals surface area contributed by atoms with Crippen LogP contribution in [-0.2, 0) is 16.0 Å². The van der Waals surface area contributed by atoms with Crippen LogP contribution >= 0.6 is 31.9 Å². The minimum atomic E-state index is -0.450. The fraction of sp³-hybridized carbons (Fsp3) is 0.214. The fourth-order valence-corrected chi connectivity index (χ4v) is 5.52. The van der Waals surface area contributed by atoms with E-state index in [1.807, 2.05) is 42.5 Å². The molecule has 2 aliphatic rings. The molecule has 0 unspecified atom stereocenters. The van der Waals surface area contributed by atoms with Gasteiger partial charge in [-0.05, 0) is 73.4 Å². The Hall–Kier alpha value is -2.90. The van der Waals surface area contributed by atoms with Crippen molar-refractivity contribution in [1.82, 2.24) is 5.32 Å². The highest BCUT2D eigenvalue weighted by atomic mass is 79.9. The topological polar surface area (TPSA) is 70.2 Å². The molecular weight excluding hydrogens is 570 g/mol. The van der Waals surface area contributed by atoms with Gasteiger partial charge in [0.25, 0.3) is 11.8 Å². The molecule has 1 spiro atoms. The van der Waals surface area contributed by atoms with Gasteiger partial charge in [0.05, 0.1) is 5.70 Å². The zero-order valence-electron chi connectivity index (χ0n) is 19.0. The molecule has 5 nitrogen and oxygen atoms in total. The van der Waals surface area contributed by atoms with Crippen molar-refractivity contribution < 1.29 is 9.59 Å². The first-order valence-electron chi connectivity index (χ1n) is 11.7. The molecule has 7 heteroatoms. The number of fused-ring (bicyclic) bond motifs is 1. The third-order valence-electron chi connectivity index (χ3n) is 6.67. The van der Waals surface area contributed by atoms with Gasteiger partial charge in [0, 0.05) is 31.4 Å². The Kier molecular flexibility index (Phi) is 6.80. The van der Waals surface area contributed by atoms with E-state index in [0.717, 1.165) is 52.2 Å². The number of carbonyl (C=O) groups excluding carboxylic acids is 2. The molecule has 3 aromatic carbocycles. The lowest BCUT2D eigenvalue weighted by atomic mass is 9.81. The number of benzene rings is 3. The Morgan fingerprint density at radius 1 is 0.743 bits per heavy atom. The van der Waals surface area contributed by atoms with E-state index >= 15 is 0 Å². The van der Waals surface area contributed by atoms with E-state index in [0.29, 0.717) is 17.1 Å². The van der Waals surface area contributed by atoms with Crippen molar-refractivity contribution in [3.63, 3.8) is 0 Å². The van der Waals surface area contributed by atoms with Crippen molar-refractivity contribution >= 4 is 60.7 Å². The highest BCUT2D eigenvalue weighted by Gasteiger charge is 2.41. The molecule has 0 bridgehead atoms. The molecule has 0 aromatic heterocycles. The van der Waals surface area contributed by atoms with Gasteiger partial charge in [-0.15, -0.1) is 0 Å². The summed E-state index contributed by atoms with van der Waals surface area (Å²) in [6, 6.07) is 22.7. The molecule has 35 heavy (non-hydrogen) atoms. The average molecular weight is 595 g/mol. The van der Waals surface area contributed by atoms with Crippen LogP contribution in [0.25, 0.3) is 5.70 Å². The third kappa shape index (κ3) is 5.21. The molecule has 3 aromatic rings. The van der Waals surface area contributed by atoms with Crippen LogP contribution in [0.2, 0.25) is 0 Å². The lowest BCUT2D eigenvalue weighted by Crippen LogP contribution is -2.48. The maximum absolute atomic E-state index is 13.7. The van der Waals surface area contributed by atoms with Crippen LogP contribution in [0, 0.1) is 0 Å². The van der Waals surface area contributed by atoms with E-state index < -0.39 is 11.8 Å². The summed E-state index contributed by atoms with van der Waals surface area (Å²) >= 11 is 6.84. The van der Waals surface area contributed by atoms with Crippen molar-refractivity contribution in [2.75, 3.05) is 10.6 Å². The second kappa shape index (κ2) is 9.99. The summed E-state index contributed by atoms with van der Waals surface area (Å²) in [5.41, 5.74) is 3.84. The number of nitrogens with one attached hydrogen (secondary N) is 3. The molecule has 1 heterocycles. The predicted octanol–water partition coefficient (Wildman–Crippen LogP) is 6.66. The fourth-order valence-electron chi connectivity index (χ4n) is 4.99. The van der Waals surface area contributed by atoms with Gasteiger partial charge in [-0.2, -0.15) is 0 Å². The number of hydrogen-bond acceptors (Lipinski definition) is 3. The zero-order valence-corrected chi connectivity index (χ0v) is 22.2. The molecule has 2 amide bonds. The number of hydrogen-bond donors (Lipinski definition) is 3. The molecule has 1 aliphatic carbocycles. The molecule has 178 valence electrons. The standard InChI is InChI=1S/C28H25Br2N3O2/c29-19-7-11-21(12-8-19)31-26(34)24(27(35)32-22-13-9-20(30)10-14-22)25-23-6-2-1-5-18(23)17-28(33-25)15-3-4-16-28/h1-2,5-14,33H,3-4,15-17H2,(H,31,34)(H,32,35). The first-order valence-corrected chi connectivity index (χ1v) is 13.3. The summed E-state index contributed by atoms with van der Waals surface area (Å²) in [6.45, 7) is 0. The summed E-state index contributed by atoms with van der Waals surface area (Å²) in [4.78, 5) is 27.4. The van der Waals surface area contributed by atoms with Gasteiger partial charge in [-0.1, -0.05) is 69.0 Å². The van der Waals surface area contributed by atoms with E-state index in [4.69, 9.17) is 0 Å². The predicted molar refractivity (Wildman–Crippen MR) is 147 cm³/mol. The van der Waals surface area contributed by atoms with E-state index in [1.54, 1.807) is 24.3 Å². The first-order chi connectivity index (χ1) is 16.9. The Morgan fingerprint density at radius 2 is 1.26 bits per heavy atom. The Balaban J connectivity index is 1.60. The van der Waals surface area contributed by atoms with Crippen molar-refractivity contribution in [3.8, 4) is 0 Å². The van der Waals surface area contributed by atoms with Crippen LogP contribution in [0.4, 0.5) is 11.4 Å². The molecule has 0 radical (unpaired) electrons. The van der Waals surface area contributed by atoms with Crippen LogP contribution in [-0.4, -0.2) is 17.4 Å². The highest BCUT2D eigenvalue weighted by molar-refractivity contribution is 9.10. The third-order valence-corrected chi connectivity index (χ3v) is 7.73. The SMILES string of the molecule is O=C(Nc1ccc(Br)cc1)C(C(=O)Nc1ccc(Br)cc1)=C1NC2(CCCC2)Cc2ccccc21. The quantitative estimate of drug-likeness (QED) is 0.180. The van der Waals surface area contributed by atoms with Crippen molar-refractivity contribution in [1.29, 1.82) is 0 Å². The van der Waals surface area contributed by atoms with Gasteiger partial charge >= 0.3 is 0 Å². The van der Waals surface area contributed by atoms with Crippen molar-refractivity contribution in [2.24, 2.45) is 0 Å². The van der Waals surface area contributed by atoms with Gasteiger partial charge < -0.3 is 16.0 Å². The number of anilines is 2. The van der Waals surface area contributed by atoms with E-state index in [9.17, 15) is 9.59 Å². The molecule has 0 atom stereocenters. The van der Waals surface area contributed by atoms with Crippen LogP contribution in [0.15, 0.2) is 87.3 Å². The molecule has 1 saturated carbocycles. The molecule has 0 saturated heterocycles. The zero-order chi connectivity index (χ0) is 24.4. The summed E-state index contributed by atoms with van der Waals surface area (Å²) in [5, 5.41) is 9.53. The lowest BCUT2D eigenvalue weighted by Gasteiger charge is -2.39.